The molecule has 25 heavy (non-hydrogen) atoms. The van der Waals surface area contributed by atoms with Crippen molar-refractivity contribution in [3.05, 3.63) is 59.4 Å². The maximum absolute atomic E-state index is 12.3. The van der Waals surface area contributed by atoms with Crippen molar-refractivity contribution in [2.45, 2.75) is 11.4 Å². The van der Waals surface area contributed by atoms with E-state index in [-0.39, 0.29) is 11.4 Å². The lowest BCUT2D eigenvalue weighted by molar-refractivity contribution is 0.414. The van der Waals surface area contributed by atoms with Crippen LogP contribution in [0.2, 0.25) is 5.02 Å². The van der Waals surface area contributed by atoms with E-state index >= 15 is 0 Å². The van der Waals surface area contributed by atoms with Crippen LogP contribution in [0.15, 0.2) is 53.4 Å². The Hall–Kier alpha value is -2.49. The fourth-order valence-electron chi connectivity index (χ4n) is 2.12. The average Bonchev–Trinajstić information content (AvgIpc) is 3.09. The fourth-order valence-corrected chi connectivity index (χ4v) is 3.40. The van der Waals surface area contributed by atoms with Gasteiger partial charge in [-0.2, -0.15) is 4.68 Å². The molecule has 3 rings (SSSR count). The van der Waals surface area contributed by atoms with Gasteiger partial charge in [0.05, 0.1) is 24.2 Å². The molecule has 0 saturated carbocycles. The molecule has 0 aliphatic carbocycles. The Morgan fingerprint density at radius 2 is 1.96 bits per heavy atom. The van der Waals surface area contributed by atoms with Gasteiger partial charge in [-0.3, -0.25) is 0 Å². The van der Waals surface area contributed by atoms with E-state index in [9.17, 15) is 8.42 Å². The molecular formula is C15H14ClN5O3S. The highest BCUT2D eigenvalue weighted by Crippen LogP contribution is 2.17. The summed E-state index contributed by atoms with van der Waals surface area (Å²) in [5, 5.41) is 11.7. The van der Waals surface area contributed by atoms with Crippen LogP contribution in [0.25, 0.3) is 5.69 Å². The third-order valence-corrected chi connectivity index (χ3v) is 5.01. The van der Waals surface area contributed by atoms with Crippen molar-refractivity contribution in [3.8, 4) is 11.4 Å². The first-order valence-corrected chi connectivity index (χ1v) is 9.02. The van der Waals surface area contributed by atoms with Gasteiger partial charge in [0.15, 0.2) is 5.82 Å². The highest BCUT2D eigenvalue weighted by Gasteiger charge is 2.17. The van der Waals surface area contributed by atoms with Gasteiger partial charge in [-0.05, 0) is 52.9 Å². The maximum Gasteiger partial charge on any atom is 0.241 e. The van der Waals surface area contributed by atoms with E-state index in [4.69, 9.17) is 16.3 Å². The van der Waals surface area contributed by atoms with Gasteiger partial charge in [-0.15, -0.1) is 5.10 Å². The average molecular weight is 380 g/mol. The lowest BCUT2D eigenvalue weighted by Gasteiger charge is -2.08. The second kappa shape index (κ2) is 7.18. The summed E-state index contributed by atoms with van der Waals surface area (Å²) in [6.45, 7) is -0.0755. The van der Waals surface area contributed by atoms with E-state index in [1.807, 2.05) is 0 Å². The Kier molecular flexibility index (Phi) is 4.98. The summed E-state index contributed by atoms with van der Waals surface area (Å²) in [5.74, 6) is 1.04. The topological polar surface area (TPSA) is 99.0 Å². The molecule has 8 nitrogen and oxygen atoms in total. The summed E-state index contributed by atoms with van der Waals surface area (Å²) in [4.78, 5) is 0.0727. The number of hydrogen-bond acceptors (Lipinski definition) is 6. The number of methoxy groups -OCH3 is 1. The highest BCUT2D eigenvalue weighted by atomic mass is 35.5. The van der Waals surface area contributed by atoms with Crippen molar-refractivity contribution in [2.24, 2.45) is 0 Å². The second-order valence-electron chi connectivity index (χ2n) is 4.99. The number of rotatable bonds is 6. The molecule has 1 N–H and O–H groups in total. The third-order valence-electron chi connectivity index (χ3n) is 3.38. The first-order chi connectivity index (χ1) is 12.0. The van der Waals surface area contributed by atoms with Crippen molar-refractivity contribution in [3.63, 3.8) is 0 Å². The molecule has 0 spiro atoms. The molecule has 3 aromatic rings. The zero-order valence-corrected chi connectivity index (χ0v) is 14.7. The van der Waals surface area contributed by atoms with E-state index < -0.39 is 10.0 Å². The van der Waals surface area contributed by atoms with Gasteiger partial charge in [0.25, 0.3) is 0 Å². The van der Waals surface area contributed by atoms with Crippen molar-refractivity contribution in [1.82, 2.24) is 24.9 Å². The molecule has 0 fully saturated rings. The molecule has 0 bridgehead atoms. The smallest absolute Gasteiger partial charge is 0.241 e. The molecule has 10 heteroatoms. The van der Waals surface area contributed by atoms with Crippen molar-refractivity contribution in [1.29, 1.82) is 0 Å². The Morgan fingerprint density at radius 3 is 2.64 bits per heavy atom. The van der Waals surface area contributed by atoms with Gasteiger partial charge in [0, 0.05) is 5.02 Å². The fraction of sp³-hybridized carbons (Fsp3) is 0.133. The monoisotopic (exact) mass is 379 g/mol. The Morgan fingerprint density at radius 1 is 1.20 bits per heavy atom. The van der Waals surface area contributed by atoms with Crippen LogP contribution in [0, 0.1) is 0 Å². The molecule has 2 aromatic carbocycles. The van der Waals surface area contributed by atoms with Gasteiger partial charge in [-0.1, -0.05) is 17.7 Å². The van der Waals surface area contributed by atoms with Crippen LogP contribution < -0.4 is 9.46 Å². The van der Waals surface area contributed by atoms with Gasteiger partial charge in [0.2, 0.25) is 10.0 Å². The van der Waals surface area contributed by atoms with Gasteiger partial charge < -0.3 is 4.74 Å². The van der Waals surface area contributed by atoms with Crippen LogP contribution in [0.5, 0.6) is 5.75 Å². The van der Waals surface area contributed by atoms with Crippen LogP contribution in [0.4, 0.5) is 0 Å². The summed E-state index contributed by atoms with van der Waals surface area (Å²) in [6.07, 6.45) is 0. The normalized spacial score (nSPS) is 11.4. The second-order valence-corrected chi connectivity index (χ2v) is 7.19. The zero-order chi connectivity index (χ0) is 17.9. The number of sulfonamides is 1. The molecule has 0 aliphatic rings. The maximum atomic E-state index is 12.3. The minimum Gasteiger partial charge on any atom is -0.497 e. The molecule has 0 atom stereocenters. The predicted octanol–water partition coefficient (Wildman–Crippen LogP) is 1.80. The molecule has 0 amide bonds. The van der Waals surface area contributed by atoms with Crippen LogP contribution >= 0.6 is 11.6 Å². The van der Waals surface area contributed by atoms with E-state index in [2.05, 4.69) is 20.2 Å². The summed E-state index contributed by atoms with van der Waals surface area (Å²) < 4.78 is 33.7. The number of halogens is 1. The molecular weight excluding hydrogens is 366 g/mol. The summed E-state index contributed by atoms with van der Waals surface area (Å²) in [6, 6.07) is 13.1. The van der Waals surface area contributed by atoms with E-state index in [0.29, 0.717) is 22.3 Å². The van der Waals surface area contributed by atoms with E-state index in [1.54, 1.807) is 43.5 Å². The number of nitrogens with one attached hydrogen (secondary N) is 1. The third kappa shape index (κ3) is 3.95. The Labute approximate surface area is 149 Å². The molecule has 0 saturated heterocycles. The number of ether oxygens (including phenoxy) is 1. The zero-order valence-electron chi connectivity index (χ0n) is 13.1. The lowest BCUT2D eigenvalue weighted by atomic mass is 10.3. The van der Waals surface area contributed by atoms with Crippen molar-refractivity contribution in [2.75, 3.05) is 7.11 Å². The first kappa shape index (κ1) is 17.3. The van der Waals surface area contributed by atoms with Crippen LogP contribution in [0.3, 0.4) is 0 Å². The largest absolute Gasteiger partial charge is 0.497 e. The molecule has 0 radical (unpaired) electrons. The summed E-state index contributed by atoms with van der Waals surface area (Å²) >= 11 is 5.84. The highest BCUT2D eigenvalue weighted by molar-refractivity contribution is 7.89. The Balaban J connectivity index is 1.79. The van der Waals surface area contributed by atoms with Crippen LogP contribution in [-0.2, 0) is 16.6 Å². The molecule has 1 aromatic heterocycles. The van der Waals surface area contributed by atoms with Crippen LogP contribution in [-0.4, -0.2) is 35.7 Å². The van der Waals surface area contributed by atoms with Gasteiger partial charge >= 0.3 is 0 Å². The summed E-state index contributed by atoms with van der Waals surface area (Å²) in [7, 11) is -2.16. The molecule has 1 heterocycles. The SMILES string of the molecule is COc1ccc(-n2nnnc2CNS(=O)(=O)c2cccc(Cl)c2)cc1. The predicted molar refractivity (Wildman–Crippen MR) is 91.2 cm³/mol. The first-order valence-electron chi connectivity index (χ1n) is 7.16. The Bertz CT molecular complexity index is 973. The number of aromatic nitrogens is 4. The molecule has 0 unspecified atom stereocenters. The van der Waals surface area contributed by atoms with Gasteiger partial charge in [-0.25, -0.2) is 13.1 Å². The van der Waals surface area contributed by atoms with Crippen LogP contribution in [0.1, 0.15) is 5.82 Å². The van der Waals surface area contributed by atoms with Crippen molar-refractivity contribution >= 4 is 21.6 Å². The number of nitrogens with zero attached hydrogens (tertiary/aromatic N) is 4. The molecule has 130 valence electrons. The standard InChI is InChI=1S/C15H14ClN5O3S/c1-24-13-7-5-12(6-8-13)21-15(18-19-20-21)10-17-25(22,23)14-4-2-3-11(16)9-14/h2-9,17H,10H2,1H3. The lowest BCUT2D eigenvalue weighted by Crippen LogP contribution is -2.25. The number of tetrazole rings is 1. The van der Waals surface area contributed by atoms with E-state index in [0.717, 1.165) is 0 Å². The summed E-state index contributed by atoms with van der Waals surface area (Å²) in [5.41, 5.74) is 0.683. The number of benzene rings is 2. The number of hydrogen-bond donors (Lipinski definition) is 1. The quantitative estimate of drug-likeness (QED) is 0.701. The van der Waals surface area contributed by atoms with Crippen molar-refractivity contribution < 1.29 is 13.2 Å². The van der Waals surface area contributed by atoms with Gasteiger partial charge in [0.1, 0.15) is 5.75 Å². The molecule has 0 aliphatic heterocycles. The minimum absolute atomic E-state index is 0.0727. The van der Waals surface area contributed by atoms with E-state index in [1.165, 1.54) is 16.8 Å². The minimum atomic E-state index is -3.73.